The predicted molar refractivity (Wildman–Crippen MR) is 109 cm³/mol. The monoisotopic (exact) mass is 410 g/mol. The third-order valence-corrected chi connectivity index (χ3v) is 4.95. The van der Waals surface area contributed by atoms with Gasteiger partial charge in [-0.25, -0.2) is 9.59 Å². The van der Waals surface area contributed by atoms with Gasteiger partial charge in [-0.2, -0.15) is 0 Å². The van der Waals surface area contributed by atoms with Gasteiger partial charge in [0.15, 0.2) is 0 Å². The van der Waals surface area contributed by atoms with Crippen molar-refractivity contribution in [1.82, 2.24) is 0 Å². The van der Waals surface area contributed by atoms with E-state index in [1.54, 1.807) is 4.90 Å². The fraction of sp³-hybridized carbons (Fsp3) is 0.273. The zero-order valence-electron chi connectivity index (χ0n) is 16.9. The Morgan fingerprint density at radius 1 is 1.00 bits per heavy atom. The molecule has 0 aliphatic carbocycles. The van der Waals surface area contributed by atoms with Crippen LogP contribution in [0, 0.1) is 12.8 Å². The highest BCUT2D eigenvalue weighted by atomic mass is 16.5. The third kappa shape index (κ3) is 4.32. The first-order chi connectivity index (χ1) is 14.3. The van der Waals surface area contributed by atoms with Crippen molar-refractivity contribution in [3.05, 3.63) is 59.2 Å². The van der Waals surface area contributed by atoms with E-state index in [2.05, 4.69) is 10.1 Å². The smallest absolute Gasteiger partial charge is 0.339 e. The van der Waals surface area contributed by atoms with Crippen LogP contribution in [-0.4, -0.2) is 44.5 Å². The number of carbonyl (C=O) groups is 4. The average Bonchev–Trinajstić information content (AvgIpc) is 3.14. The highest BCUT2D eigenvalue weighted by Gasteiger charge is 2.35. The molecule has 0 saturated carbocycles. The summed E-state index contributed by atoms with van der Waals surface area (Å²) >= 11 is 0. The molecule has 2 aromatic carbocycles. The lowest BCUT2D eigenvalue weighted by atomic mass is 10.1. The first-order valence-corrected chi connectivity index (χ1v) is 9.32. The van der Waals surface area contributed by atoms with Crippen LogP contribution in [0.5, 0.6) is 0 Å². The van der Waals surface area contributed by atoms with E-state index >= 15 is 0 Å². The van der Waals surface area contributed by atoms with Gasteiger partial charge >= 0.3 is 11.9 Å². The van der Waals surface area contributed by atoms with Crippen molar-refractivity contribution in [2.75, 3.05) is 31.0 Å². The molecular formula is C22H22N2O6. The molecule has 0 aromatic heterocycles. The molecule has 0 unspecified atom stereocenters. The van der Waals surface area contributed by atoms with Crippen molar-refractivity contribution >= 4 is 35.1 Å². The lowest BCUT2D eigenvalue weighted by Gasteiger charge is -2.17. The van der Waals surface area contributed by atoms with E-state index in [4.69, 9.17) is 4.74 Å². The van der Waals surface area contributed by atoms with E-state index in [-0.39, 0.29) is 35.7 Å². The molecule has 2 amide bonds. The number of benzene rings is 2. The van der Waals surface area contributed by atoms with E-state index in [9.17, 15) is 19.2 Å². The Labute approximate surface area is 173 Å². The summed E-state index contributed by atoms with van der Waals surface area (Å²) in [4.78, 5) is 50.7. The molecule has 8 nitrogen and oxygen atoms in total. The number of nitrogens with zero attached hydrogens (tertiary/aromatic N) is 1. The zero-order valence-corrected chi connectivity index (χ0v) is 16.9. The molecule has 1 heterocycles. The molecule has 1 saturated heterocycles. The number of aryl methyl sites for hydroxylation is 1. The number of amides is 2. The van der Waals surface area contributed by atoms with E-state index in [1.807, 2.05) is 31.2 Å². The van der Waals surface area contributed by atoms with Crippen LogP contribution < -0.4 is 10.2 Å². The number of methoxy groups -OCH3 is 2. The van der Waals surface area contributed by atoms with Crippen molar-refractivity contribution in [1.29, 1.82) is 0 Å². The molecule has 8 heteroatoms. The number of hydrogen-bond acceptors (Lipinski definition) is 6. The quantitative estimate of drug-likeness (QED) is 0.760. The molecule has 1 N–H and O–H groups in total. The third-order valence-electron chi connectivity index (χ3n) is 4.95. The van der Waals surface area contributed by atoms with Gasteiger partial charge < -0.3 is 19.7 Å². The minimum Gasteiger partial charge on any atom is -0.465 e. The Balaban J connectivity index is 1.81. The summed E-state index contributed by atoms with van der Waals surface area (Å²) in [5.41, 5.74) is 2.18. The van der Waals surface area contributed by atoms with Gasteiger partial charge in [0.25, 0.3) is 0 Å². The normalized spacial score (nSPS) is 15.6. The summed E-state index contributed by atoms with van der Waals surface area (Å²) < 4.78 is 9.43. The summed E-state index contributed by atoms with van der Waals surface area (Å²) in [7, 11) is 2.45. The van der Waals surface area contributed by atoms with Crippen LogP contribution in [0.2, 0.25) is 0 Å². The Morgan fingerprint density at radius 3 is 2.30 bits per heavy atom. The second-order valence-electron chi connectivity index (χ2n) is 6.97. The van der Waals surface area contributed by atoms with Crippen LogP contribution in [0.3, 0.4) is 0 Å². The second-order valence-corrected chi connectivity index (χ2v) is 6.97. The molecule has 156 valence electrons. The summed E-state index contributed by atoms with van der Waals surface area (Å²) in [6.07, 6.45) is 0.0456. The first-order valence-electron chi connectivity index (χ1n) is 9.32. The van der Waals surface area contributed by atoms with E-state index < -0.39 is 23.8 Å². The standard InChI is InChI=1S/C22H22N2O6/c1-13-4-7-16(8-5-13)24-12-15(11-19(24)25)20(26)23-18-10-14(21(27)29-2)6-9-17(18)22(28)30-3/h4-10,15H,11-12H2,1-3H3,(H,23,26)/t15-/m0/s1. The summed E-state index contributed by atoms with van der Waals surface area (Å²) in [6, 6.07) is 11.6. The first kappa shape index (κ1) is 21.0. The number of esters is 2. The number of carbonyl (C=O) groups excluding carboxylic acids is 4. The molecule has 1 aliphatic heterocycles. The molecule has 0 radical (unpaired) electrons. The van der Waals surface area contributed by atoms with Crippen molar-refractivity contribution < 1.29 is 28.7 Å². The van der Waals surface area contributed by atoms with Gasteiger partial charge in [0, 0.05) is 18.7 Å². The van der Waals surface area contributed by atoms with E-state index in [0.29, 0.717) is 0 Å². The van der Waals surface area contributed by atoms with Crippen LogP contribution in [0.15, 0.2) is 42.5 Å². The highest BCUT2D eigenvalue weighted by molar-refractivity contribution is 6.07. The minimum absolute atomic E-state index is 0.0456. The number of anilines is 2. The van der Waals surface area contributed by atoms with Crippen LogP contribution in [0.25, 0.3) is 0 Å². The molecule has 0 spiro atoms. The largest absolute Gasteiger partial charge is 0.465 e. The van der Waals surface area contributed by atoms with Crippen LogP contribution in [0.4, 0.5) is 11.4 Å². The van der Waals surface area contributed by atoms with E-state index in [0.717, 1.165) is 11.3 Å². The molecule has 0 bridgehead atoms. The Bertz CT molecular complexity index is 999. The van der Waals surface area contributed by atoms with Crippen molar-refractivity contribution in [2.45, 2.75) is 13.3 Å². The number of hydrogen-bond donors (Lipinski definition) is 1. The molecule has 1 aliphatic rings. The van der Waals surface area contributed by atoms with E-state index in [1.165, 1.54) is 32.4 Å². The van der Waals surface area contributed by atoms with Crippen molar-refractivity contribution in [3.8, 4) is 0 Å². The van der Waals surface area contributed by atoms with Gasteiger partial charge in [-0.1, -0.05) is 17.7 Å². The molecule has 30 heavy (non-hydrogen) atoms. The fourth-order valence-electron chi connectivity index (χ4n) is 3.27. The zero-order chi connectivity index (χ0) is 21.8. The number of ether oxygens (including phenoxy) is 2. The number of rotatable bonds is 5. The van der Waals surface area contributed by atoms with Gasteiger partial charge in [0.05, 0.1) is 37.0 Å². The summed E-state index contributed by atoms with van der Waals surface area (Å²) in [5, 5.41) is 2.66. The highest BCUT2D eigenvalue weighted by Crippen LogP contribution is 2.27. The molecular weight excluding hydrogens is 388 g/mol. The molecule has 1 atom stereocenters. The van der Waals surface area contributed by atoms with Crippen molar-refractivity contribution in [2.24, 2.45) is 5.92 Å². The summed E-state index contributed by atoms with van der Waals surface area (Å²) in [6.45, 7) is 2.17. The number of nitrogens with one attached hydrogen (secondary N) is 1. The van der Waals surface area contributed by atoms with Gasteiger partial charge in [-0.15, -0.1) is 0 Å². The maximum absolute atomic E-state index is 12.8. The second kappa shape index (κ2) is 8.77. The lowest BCUT2D eigenvalue weighted by molar-refractivity contribution is -0.122. The minimum atomic E-state index is -0.662. The molecule has 2 aromatic rings. The van der Waals surface area contributed by atoms with Crippen molar-refractivity contribution in [3.63, 3.8) is 0 Å². The summed E-state index contributed by atoms with van der Waals surface area (Å²) in [5.74, 6) is -2.46. The average molecular weight is 410 g/mol. The van der Waals surface area contributed by atoms with Crippen LogP contribution in [-0.2, 0) is 19.1 Å². The Hall–Kier alpha value is -3.68. The topological polar surface area (TPSA) is 102 Å². The van der Waals surface area contributed by atoms with Crippen LogP contribution >= 0.6 is 0 Å². The van der Waals surface area contributed by atoms with Gasteiger partial charge in [0.1, 0.15) is 0 Å². The maximum Gasteiger partial charge on any atom is 0.339 e. The van der Waals surface area contributed by atoms with Gasteiger partial charge in [0.2, 0.25) is 11.8 Å². The maximum atomic E-state index is 12.8. The van der Waals surface area contributed by atoms with Gasteiger partial charge in [-0.3, -0.25) is 9.59 Å². The molecule has 1 fully saturated rings. The SMILES string of the molecule is COC(=O)c1ccc(C(=O)OC)c(NC(=O)[C@H]2CC(=O)N(c3ccc(C)cc3)C2)c1. The molecule has 3 rings (SSSR count). The fourth-order valence-corrected chi connectivity index (χ4v) is 3.27. The van der Waals surface area contributed by atoms with Crippen LogP contribution in [0.1, 0.15) is 32.7 Å². The Kier molecular flexibility index (Phi) is 6.15. The Morgan fingerprint density at radius 2 is 1.67 bits per heavy atom. The lowest BCUT2D eigenvalue weighted by Crippen LogP contribution is -2.28. The van der Waals surface area contributed by atoms with Gasteiger partial charge in [-0.05, 0) is 37.3 Å². The predicted octanol–water partition coefficient (Wildman–Crippen LogP) is 2.56.